The van der Waals surface area contributed by atoms with Crippen LogP contribution in [-0.4, -0.2) is 135 Å². The minimum Gasteiger partial charge on any atom is -0.508 e. The number of carbonyl (C=O) groups excluding carboxylic acids is 9. The number of carboxylic acid groups (broad SMARTS) is 2. The predicted molar refractivity (Wildman–Crippen MR) is 241 cm³/mol. The van der Waals surface area contributed by atoms with Crippen LogP contribution in [0.5, 0.6) is 5.75 Å². The van der Waals surface area contributed by atoms with Gasteiger partial charge in [-0.05, 0) is 55.4 Å². The van der Waals surface area contributed by atoms with Gasteiger partial charge in [-0.3, -0.25) is 47.9 Å². The molecule has 2 rings (SSSR count). The molecule has 9 amide bonds. The maximum Gasteiger partial charge on any atom is 0.326 e. The number of nitrogens with one attached hydrogen (secondary N) is 8. The third kappa shape index (κ3) is 19.5. The molecule has 0 aromatic heterocycles. The lowest BCUT2D eigenvalue weighted by atomic mass is 9.99. The van der Waals surface area contributed by atoms with Crippen LogP contribution in [0.2, 0.25) is 0 Å². The number of aromatic hydroxyl groups is 1. The Hall–Kier alpha value is -7.63. The molecular weight excluding hydrogens is 893 g/mol. The molecule has 0 bridgehead atoms. The van der Waals surface area contributed by atoms with E-state index < -0.39 is 145 Å². The number of hydrogen-bond acceptors (Lipinski definition) is 13. The zero-order valence-corrected chi connectivity index (χ0v) is 38.5. The smallest absolute Gasteiger partial charge is 0.326 e. The number of primary amides is 1. The fraction of sp³-hybridized carbons (Fsp3) is 0.477. The molecule has 2 aromatic rings. The molecule has 0 saturated carbocycles. The Balaban J connectivity index is 2.06. The number of aliphatic carboxylic acids is 2. The fourth-order valence-electron chi connectivity index (χ4n) is 6.28. The van der Waals surface area contributed by atoms with E-state index in [1.807, 2.05) is 0 Å². The van der Waals surface area contributed by atoms with Crippen LogP contribution in [-0.2, 0) is 65.6 Å². The molecule has 0 radical (unpaired) electrons. The van der Waals surface area contributed by atoms with Crippen molar-refractivity contribution in [2.75, 3.05) is 6.54 Å². The third-order valence-corrected chi connectivity index (χ3v) is 10.1. The first-order chi connectivity index (χ1) is 31.8. The number of benzene rings is 2. The van der Waals surface area contributed by atoms with E-state index in [0.717, 1.165) is 0 Å². The first-order valence-electron chi connectivity index (χ1n) is 21.5. The average molecular weight is 955 g/mol. The quantitative estimate of drug-likeness (QED) is 0.0420. The highest BCUT2D eigenvalue weighted by Crippen LogP contribution is 2.12. The monoisotopic (exact) mass is 954 g/mol. The van der Waals surface area contributed by atoms with Crippen LogP contribution in [0.15, 0.2) is 54.6 Å². The predicted octanol–water partition coefficient (Wildman–Crippen LogP) is -3.20. The van der Waals surface area contributed by atoms with Crippen molar-refractivity contribution >= 4 is 65.1 Å². The molecule has 15 N–H and O–H groups in total. The molecule has 0 spiro atoms. The van der Waals surface area contributed by atoms with Crippen LogP contribution in [0.4, 0.5) is 0 Å². The zero-order chi connectivity index (χ0) is 51.4. The van der Waals surface area contributed by atoms with Gasteiger partial charge in [0.1, 0.15) is 48.0 Å². The van der Waals surface area contributed by atoms with Crippen LogP contribution in [0.3, 0.4) is 0 Å². The van der Waals surface area contributed by atoms with E-state index in [0.29, 0.717) is 11.1 Å². The van der Waals surface area contributed by atoms with E-state index in [4.69, 9.17) is 11.5 Å². The van der Waals surface area contributed by atoms with E-state index >= 15 is 0 Å². The molecule has 2 aromatic carbocycles. The summed E-state index contributed by atoms with van der Waals surface area (Å²) in [5.74, 6) is -12.7. The Morgan fingerprint density at radius 2 is 0.985 bits per heavy atom. The number of rotatable bonds is 27. The van der Waals surface area contributed by atoms with Gasteiger partial charge in [0, 0.05) is 6.42 Å². The maximum absolute atomic E-state index is 13.7. The summed E-state index contributed by atoms with van der Waals surface area (Å²) in [5, 5.41) is 47.5. The molecule has 8 atom stereocenters. The number of phenolic OH excluding ortho intramolecular Hbond substituents is 1. The molecule has 0 heterocycles. The number of phenols is 1. The zero-order valence-electron chi connectivity index (χ0n) is 38.5. The lowest BCUT2D eigenvalue weighted by Gasteiger charge is -2.29. The van der Waals surface area contributed by atoms with Crippen molar-refractivity contribution in [3.8, 4) is 5.75 Å². The van der Waals surface area contributed by atoms with Crippen LogP contribution in [0.25, 0.3) is 0 Å². The maximum atomic E-state index is 13.7. The largest absolute Gasteiger partial charge is 0.508 e. The lowest BCUT2D eigenvalue weighted by Crippen LogP contribution is -2.61. The number of hydrogen-bond donors (Lipinski definition) is 13. The van der Waals surface area contributed by atoms with Crippen molar-refractivity contribution < 1.29 is 68.1 Å². The highest BCUT2D eigenvalue weighted by molar-refractivity contribution is 5.99. The molecule has 68 heavy (non-hydrogen) atoms. The summed E-state index contributed by atoms with van der Waals surface area (Å²) in [6.07, 6.45) is -1.95. The van der Waals surface area contributed by atoms with Crippen molar-refractivity contribution in [3.63, 3.8) is 0 Å². The molecule has 0 unspecified atom stereocenters. The molecule has 0 aliphatic heterocycles. The van der Waals surface area contributed by atoms with Gasteiger partial charge in [-0.2, -0.15) is 0 Å². The Morgan fingerprint density at radius 1 is 0.515 bits per heavy atom. The van der Waals surface area contributed by atoms with E-state index in [1.54, 1.807) is 56.3 Å². The molecule has 24 heteroatoms. The van der Waals surface area contributed by atoms with Crippen molar-refractivity contribution in [1.29, 1.82) is 0 Å². The summed E-state index contributed by atoms with van der Waals surface area (Å²) in [7, 11) is 0. The Labute approximate surface area is 391 Å². The molecule has 0 fully saturated rings. The Kier molecular flexibility index (Phi) is 22.5. The van der Waals surface area contributed by atoms with Gasteiger partial charge in [0.15, 0.2) is 0 Å². The SMILES string of the molecule is CC(C)[C@H](NC(=O)[C@H](C)NC(=O)CNC(=O)[C@H](C)NC(=O)[C@@H](N)Cc1ccc(O)cc1)C(=O)N[C@H](C(=O)N[C@@H](CC(N)=O)C(=O)N[C@@H](CC(=O)O)C(=O)N[C@@H](Cc1ccccc1)C(=O)O)C(C)C. The standard InChI is InChI=1S/C44H62N10O14/c1-21(2)35(42(65)51-29(18-32(46)56)40(63)50-30(19-34(58)59)41(64)52-31(44(67)68)17-25-10-8-7-9-11-25)54-43(66)36(22(3)4)53-38(61)24(6)48-33(57)20-47-37(60)23(5)49-39(62)28(45)16-26-12-14-27(55)15-13-26/h7-15,21-24,28-31,35-36,55H,16-20,45H2,1-6H3,(H2,46,56)(H,47,60)(H,48,57)(H,49,62)(H,50,63)(H,51,65)(H,52,64)(H,53,61)(H,54,66)(H,58,59)(H,67,68)/t23-,24-,28-,29-,30-,31-,35-,36-/m0/s1. The second kappa shape index (κ2) is 27.1. The molecule has 0 aliphatic rings. The van der Waals surface area contributed by atoms with Gasteiger partial charge < -0.3 is 69.3 Å². The molecule has 0 aliphatic carbocycles. The Bertz CT molecular complexity index is 2140. The molecule has 372 valence electrons. The normalized spacial score (nSPS) is 14.5. The van der Waals surface area contributed by atoms with Gasteiger partial charge in [0.25, 0.3) is 0 Å². The summed E-state index contributed by atoms with van der Waals surface area (Å²) in [6.45, 7) is 8.27. The second-order valence-corrected chi connectivity index (χ2v) is 16.7. The average Bonchev–Trinajstić information content (AvgIpc) is 3.25. The summed E-state index contributed by atoms with van der Waals surface area (Å²) in [4.78, 5) is 141. The fourth-order valence-corrected chi connectivity index (χ4v) is 6.28. The number of amides is 9. The van der Waals surface area contributed by atoms with Gasteiger partial charge in [0.2, 0.25) is 53.2 Å². The summed E-state index contributed by atoms with van der Waals surface area (Å²) < 4.78 is 0. The van der Waals surface area contributed by atoms with Gasteiger partial charge in [-0.1, -0.05) is 70.2 Å². The first-order valence-corrected chi connectivity index (χ1v) is 21.5. The summed E-state index contributed by atoms with van der Waals surface area (Å²) in [6, 6.07) is 2.87. The van der Waals surface area contributed by atoms with Crippen LogP contribution in [0, 0.1) is 11.8 Å². The van der Waals surface area contributed by atoms with E-state index in [-0.39, 0.29) is 18.6 Å². The van der Waals surface area contributed by atoms with Crippen molar-refractivity contribution in [2.45, 2.75) is 116 Å². The minimum atomic E-state index is -1.88. The molecule has 24 nitrogen and oxygen atoms in total. The first kappa shape index (κ1) is 56.5. The molecule has 0 saturated heterocycles. The Morgan fingerprint density at radius 3 is 1.50 bits per heavy atom. The van der Waals surface area contributed by atoms with E-state index in [2.05, 4.69) is 42.5 Å². The van der Waals surface area contributed by atoms with Crippen LogP contribution >= 0.6 is 0 Å². The van der Waals surface area contributed by atoms with Crippen molar-refractivity contribution in [2.24, 2.45) is 23.3 Å². The summed E-state index contributed by atoms with van der Waals surface area (Å²) >= 11 is 0. The highest BCUT2D eigenvalue weighted by Gasteiger charge is 2.36. The number of carboxylic acids is 2. The van der Waals surface area contributed by atoms with Crippen LogP contribution in [0.1, 0.15) is 65.5 Å². The number of carbonyl (C=O) groups is 11. The highest BCUT2D eigenvalue weighted by atomic mass is 16.4. The number of nitrogens with two attached hydrogens (primary N) is 2. The van der Waals surface area contributed by atoms with E-state index in [9.17, 15) is 68.1 Å². The third-order valence-electron chi connectivity index (χ3n) is 10.1. The topological polar surface area (TPSA) is 397 Å². The van der Waals surface area contributed by atoms with Crippen molar-refractivity contribution in [1.82, 2.24) is 42.5 Å². The lowest BCUT2D eigenvalue weighted by molar-refractivity contribution is -0.144. The van der Waals surface area contributed by atoms with Gasteiger partial charge in [0.05, 0.1) is 25.4 Å². The second-order valence-electron chi connectivity index (χ2n) is 16.7. The summed E-state index contributed by atoms with van der Waals surface area (Å²) in [5.41, 5.74) is 12.5. The van der Waals surface area contributed by atoms with Gasteiger partial charge in [-0.25, -0.2) is 4.79 Å². The minimum absolute atomic E-state index is 0.0397. The van der Waals surface area contributed by atoms with E-state index in [1.165, 1.54) is 39.8 Å². The van der Waals surface area contributed by atoms with Crippen molar-refractivity contribution in [3.05, 3.63) is 65.7 Å². The van der Waals surface area contributed by atoms with Crippen LogP contribution < -0.4 is 54.0 Å². The van der Waals surface area contributed by atoms with Gasteiger partial charge >= 0.3 is 11.9 Å². The van der Waals surface area contributed by atoms with Gasteiger partial charge in [-0.15, -0.1) is 0 Å². The molecular formula is C44H62N10O14.